The first-order valence-electron chi connectivity index (χ1n) is 8.61. The van der Waals surface area contributed by atoms with Gasteiger partial charge in [0.05, 0.1) is 0 Å². The lowest BCUT2D eigenvalue weighted by molar-refractivity contribution is 0.334. The number of hydrogen-bond donors (Lipinski definition) is 2. The van der Waals surface area contributed by atoms with Gasteiger partial charge in [-0.25, -0.2) is 0 Å². The number of benzene rings is 1. The molecule has 1 aliphatic carbocycles. The van der Waals surface area contributed by atoms with E-state index in [0.717, 1.165) is 41.5 Å². The van der Waals surface area contributed by atoms with Crippen LogP contribution in [-0.2, 0) is 6.42 Å². The standard InChI is InChI=1S/C19H25NO2/c1-11-13-3-4-14(9-13)12(2)20-8-7-16-17-10-15(21)5-6-18(17)22-19(11)16/h5-6,10-14,20-21H,3-4,7-9H2,1-2H3. The predicted octanol–water partition coefficient (Wildman–Crippen LogP) is 4.19. The molecular formula is C19H25NO2. The van der Waals surface area contributed by atoms with Gasteiger partial charge in [0.15, 0.2) is 0 Å². The Kier molecular flexibility index (Phi) is 3.41. The summed E-state index contributed by atoms with van der Waals surface area (Å²) in [6.07, 6.45) is 4.91. The van der Waals surface area contributed by atoms with Crippen LogP contribution in [0.1, 0.15) is 50.4 Å². The van der Waals surface area contributed by atoms with Crippen LogP contribution in [0.2, 0.25) is 0 Å². The summed E-state index contributed by atoms with van der Waals surface area (Å²) >= 11 is 0. The minimum Gasteiger partial charge on any atom is -0.508 e. The highest BCUT2D eigenvalue weighted by atomic mass is 16.3. The molecule has 0 amide bonds. The Bertz CT molecular complexity index is 690. The first-order chi connectivity index (χ1) is 10.6. The number of phenolic OH excluding ortho intramolecular Hbond substituents is 1. The molecule has 4 atom stereocenters. The number of fused-ring (bicyclic) bond motifs is 5. The van der Waals surface area contributed by atoms with Gasteiger partial charge in [0.25, 0.3) is 0 Å². The van der Waals surface area contributed by atoms with E-state index in [1.807, 2.05) is 12.1 Å². The van der Waals surface area contributed by atoms with E-state index in [1.165, 1.54) is 24.8 Å². The van der Waals surface area contributed by atoms with Crippen LogP contribution in [0.5, 0.6) is 5.75 Å². The number of nitrogens with one attached hydrogen (secondary N) is 1. The maximum atomic E-state index is 9.83. The van der Waals surface area contributed by atoms with Crippen LogP contribution in [0, 0.1) is 11.8 Å². The zero-order valence-electron chi connectivity index (χ0n) is 13.4. The SMILES string of the molecule is CC1NCCc2c(oc3ccc(O)cc23)C(C)C2CCC1C2. The fourth-order valence-corrected chi connectivity index (χ4v) is 4.55. The van der Waals surface area contributed by atoms with Crippen LogP contribution in [0.4, 0.5) is 0 Å². The molecule has 22 heavy (non-hydrogen) atoms. The minimum absolute atomic E-state index is 0.322. The van der Waals surface area contributed by atoms with Crippen molar-refractivity contribution >= 4 is 11.0 Å². The Labute approximate surface area is 131 Å². The Balaban J connectivity index is 1.82. The molecule has 1 aromatic heterocycles. The summed E-state index contributed by atoms with van der Waals surface area (Å²) in [4.78, 5) is 0. The van der Waals surface area contributed by atoms with Crippen molar-refractivity contribution in [3.05, 3.63) is 29.5 Å². The third kappa shape index (κ3) is 2.23. The molecule has 1 aromatic carbocycles. The molecule has 4 unspecified atom stereocenters. The molecule has 2 aliphatic rings. The zero-order chi connectivity index (χ0) is 15.3. The molecule has 1 fully saturated rings. The second kappa shape index (κ2) is 5.31. The molecule has 3 nitrogen and oxygen atoms in total. The molecule has 0 radical (unpaired) electrons. The molecule has 2 heterocycles. The summed E-state index contributed by atoms with van der Waals surface area (Å²) in [5, 5.41) is 14.6. The van der Waals surface area contributed by atoms with E-state index in [9.17, 15) is 5.11 Å². The lowest BCUT2D eigenvalue weighted by atomic mass is 9.85. The van der Waals surface area contributed by atoms with Gasteiger partial charge in [-0.15, -0.1) is 0 Å². The third-order valence-electron chi connectivity index (χ3n) is 5.99. The second-order valence-corrected chi connectivity index (χ2v) is 7.24. The third-order valence-corrected chi connectivity index (χ3v) is 5.99. The van der Waals surface area contributed by atoms with E-state index in [2.05, 4.69) is 19.2 Å². The van der Waals surface area contributed by atoms with Crippen LogP contribution < -0.4 is 5.32 Å². The van der Waals surface area contributed by atoms with Crippen molar-refractivity contribution in [3.63, 3.8) is 0 Å². The quantitative estimate of drug-likeness (QED) is 0.766. The summed E-state index contributed by atoms with van der Waals surface area (Å²) in [5.41, 5.74) is 2.21. The van der Waals surface area contributed by atoms with Crippen molar-refractivity contribution in [2.24, 2.45) is 11.8 Å². The van der Waals surface area contributed by atoms with E-state index in [-0.39, 0.29) is 0 Å². The Hall–Kier alpha value is -1.48. The molecule has 2 N–H and O–H groups in total. The lowest BCUT2D eigenvalue weighted by Gasteiger charge is -2.25. The number of aromatic hydroxyl groups is 1. The minimum atomic E-state index is 0.322. The van der Waals surface area contributed by atoms with Crippen LogP contribution in [0.25, 0.3) is 11.0 Å². The molecule has 3 heteroatoms. The summed E-state index contributed by atoms with van der Waals surface area (Å²) in [7, 11) is 0. The average molecular weight is 299 g/mol. The summed E-state index contributed by atoms with van der Waals surface area (Å²) in [6.45, 7) is 5.64. The van der Waals surface area contributed by atoms with Gasteiger partial charge in [0, 0.05) is 22.9 Å². The first-order valence-corrected chi connectivity index (χ1v) is 8.61. The van der Waals surface area contributed by atoms with Gasteiger partial charge >= 0.3 is 0 Å². The molecule has 2 aromatic rings. The summed E-state index contributed by atoms with van der Waals surface area (Å²) in [5.74, 6) is 3.48. The van der Waals surface area contributed by atoms with E-state index in [1.54, 1.807) is 6.07 Å². The van der Waals surface area contributed by atoms with Crippen LogP contribution in [0.15, 0.2) is 22.6 Å². The molecule has 4 rings (SSSR count). The predicted molar refractivity (Wildman–Crippen MR) is 88.3 cm³/mol. The maximum Gasteiger partial charge on any atom is 0.134 e. The fourth-order valence-electron chi connectivity index (χ4n) is 4.55. The van der Waals surface area contributed by atoms with Gasteiger partial charge in [0.1, 0.15) is 17.1 Å². The average Bonchev–Trinajstić information content (AvgIpc) is 3.11. The van der Waals surface area contributed by atoms with Crippen LogP contribution in [0.3, 0.4) is 0 Å². The summed E-state index contributed by atoms with van der Waals surface area (Å²) in [6, 6.07) is 6.08. The zero-order valence-corrected chi connectivity index (χ0v) is 13.4. The van der Waals surface area contributed by atoms with Crippen molar-refractivity contribution in [1.29, 1.82) is 0 Å². The van der Waals surface area contributed by atoms with Crippen molar-refractivity contribution < 1.29 is 9.52 Å². The smallest absolute Gasteiger partial charge is 0.134 e. The van der Waals surface area contributed by atoms with Crippen molar-refractivity contribution in [2.75, 3.05) is 6.54 Å². The van der Waals surface area contributed by atoms with E-state index < -0.39 is 0 Å². The number of furan rings is 1. The van der Waals surface area contributed by atoms with Crippen molar-refractivity contribution in [1.82, 2.24) is 5.32 Å². The molecule has 1 saturated carbocycles. The van der Waals surface area contributed by atoms with Crippen molar-refractivity contribution in [3.8, 4) is 5.75 Å². The van der Waals surface area contributed by atoms with Crippen LogP contribution in [-0.4, -0.2) is 17.7 Å². The molecule has 118 valence electrons. The van der Waals surface area contributed by atoms with E-state index >= 15 is 0 Å². The number of hydrogen-bond acceptors (Lipinski definition) is 3. The van der Waals surface area contributed by atoms with E-state index in [4.69, 9.17) is 4.42 Å². The van der Waals surface area contributed by atoms with Gasteiger partial charge in [-0.05, 0) is 69.2 Å². The highest BCUT2D eigenvalue weighted by Crippen LogP contribution is 2.45. The number of phenols is 1. The Morgan fingerprint density at radius 1 is 1.18 bits per heavy atom. The fraction of sp³-hybridized carbons (Fsp3) is 0.579. The lowest BCUT2D eigenvalue weighted by Crippen LogP contribution is -2.34. The van der Waals surface area contributed by atoms with Gasteiger partial charge < -0.3 is 14.8 Å². The molecule has 0 spiro atoms. The monoisotopic (exact) mass is 299 g/mol. The highest BCUT2D eigenvalue weighted by Gasteiger charge is 2.35. The largest absolute Gasteiger partial charge is 0.508 e. The van der Waals surface area contributed by atoms with Gasteiger partial charge in [-0.1, -0.05) is 6.92 Å². The normalized spacial score (nSPS) is 32.1. The first kappa shape index (κ1) is 14.1. The van der Waals surface area contributed by atoms with Crippen LogP contribution >= 0.6 is 0 Å². The number of rotatable bonds is 0. The molecule has 2 bridgehead atoms. The molecule has 1 aliphatic heterocycles. The molecule has 0 saturated heterocycles. The van der Waals surface area contributed by atoms with Crippen molar-refractivity contribution in [2.45, 2.75) is 51.5 Å². The van der Waals surface area contributed by atoms with Gasteiger partial charge in [0.2, 0.25) is 0 Å². The molecular weight excluding hydrogens is 274 g/mol. The Morgan fingerprint density at radius 2 is 2.00 bits per heavy atom. The van der Waals surface area contributed by atoms with Gasteiger partial charge in [-0.2, -0.15) is 0 Å². The van der Waals surface area contributed by atoms with E-state index in [0.29, 0.717) is 17.7 Å². The highest BCUT2D eigenvalue weighted by molar-refractivity contribution is 5.84. The van der Waals surface area contributed by atoms with Gasteiger partial charge in [-0.3, -0.25) is 0 Å². The summed E-state index contributed by atoms with van der Waals surface area (Å²) < 4.78 is 6.23. The maximum absolute atomic E-state index is 9.83. The Morgan fingerprint density at radius 3 is 2.86 bits per heavy atom. The second-order valence-electron chi connectivity index (χ2n) is 7.24. The topological polar surface area (TPSA) is 45.4 Å².